The lowest BCUT2D eigenvalue weighted by atomic mass is 10.1. The van der Waals surface area contributed by atoms with E-state index in [9.17, 15) is 14.4 Å². The zero-order valence-corrected chi connectivity index (χ0v) is 10.8. The van der Waals surface area contributed by atoms with Crippen LogP contribution in [0.5, 0.6) is 0 Å². The molecule has 5 nitrogen and oxygen atoms in total. The number of Topliss-reactive ketones (excluding diaryl/α,β-unsaturated/α-hetero) is 1. The van der Waals surface area contributed by atoms with Gasteiger partial charge in [-0.2, -0.15) is 0 Å². The minimum atomic E-state index is -0.852. The molecule has 1 rings (SSSR count). The van der Waals surface area contributed by atoms with Crippen LogP contribution in [0.15, 0.2) is 24.3 Å². The van der Waals surface area contributed by atoms with Crippen LogP contribution in [0.25, 0.3) is 0 Å². The van der Waals surface area contributed by atoms with Crippen molar-refractivity contribution >= 4 is 23.3 Å². The molecule has 2 N–H and O–H groups in total. The van der Waals surface area contributed by atoms with Gasteiger partial charge in [0.2, 0.25) is 5.91 Å². The molecule has 0 aromatic heterocycles. The number of ketones is 1. The molecule has 102 valence electrons. The first-order valence-corrected chi connectivity index (χ1v) is 6.11. The Morgan fingerprint density at radius 1 is 1.16 bits per heavy atom. The van der Waals surface area contributed by atoms with Gasteiger partial charge in [-0.3, -0.25) is 14.4 Å². The van der Waals surface area contributed by atoms with E-state index in [1.807, 2.05) is 0 Å². The quantitative estimate of drug-likeness (QED) is 0.584. The number of benzene rings is 1. The molecule has 0 bridgehead atoms. The predicted molar refractivity (Wildman–Crippen MR) is 71.2 cm³/mol. The zero-order valence-electron chi connectivity index (χ0n) is 10.8. The highest BCUT2D eigenvalue weighted by molar-refractivity contribution is 5.97. The molecule has 0 aliphatic rings. The highest BCUT2D eigenvalue weighted by Crippen LogP contribution is 2.12. The van der Waals surface area contributed by atoms with Crippen LogP contribution in [-0.4, -0.2) is 22.8 Å². The Kier molecular flexibility index (Phi) is 5.73. The van der Waals surface area contributed by atoms with Crippen molar-refractivity contribution in [3.8, 4) is 0 Å². The molecule has 0 aliphatic carbocycles. The number of aliphatic carboxylic acids is 1. The van der Waals surface area contributed by atoms with Gasteiger partial charge in [-0.25, -0.2) is 0 Å². The molecule has 0 radical (unpaired) electrons. The third-order valence-electron chi connectivity index (χ3n) is 2.60. The van der Waals surface area contributed by atoms with Crippen LogP contribution in [0.1, 0.15) is 43.0 Å². The van der Waals surface area contributed by atoms with Crippen LogP contribution >= 0.6 is 0 Å². The van der Waals surface area contributed by atoms with E-state index in [1.165, 1.54) is 6.92 Å². The van der Waals surface area contributed by atoms with Gasteiger partial charge in [0.1, 0.15) is 0 Å². The average Bonchev–Trinajstić information content (AvgIpc) is 2.34. The summed E-state index contributed by atoms with van der Waals surface area (Å²) in [7, 11) is 0. The molecule has 0 saturated carbocycles. The molecule has 0 heterocycles. The van der Waals surface area contributed by atoms with Crippen molar-refractivity contribution in [2.45, 2.75) is 32.6 Å². The molecule has 0 aliphatic heterocycles. The number of nitrogens with one attached hydrogen (secondary N) is 1. The van der Waals surface area contributed by atoms with Gasteiger partial charge >= 0.3 is 5.97 Å². The number of hydrogen-bond donors (Lipinski definition) is 2. The number of carboxylic acids is 1. The monoisotopic (exact) mass is 263 g/mol. The highest BCUT2D eigenvalue weighted by atomic mass is 16.4. The molecular weight excluding hydrogens is 246 g/mol. The molecule has 0 saturated heterocycles. The fourth-order valence-electron chi connectivity index (χ4n) is 1.60. The number of carbonyl (C=O) groups is 3. The smallest absolute Gasteiger partial charge is 0.303 e. The number of rotatable bonds is 7. The van der Waals surface area contributed by atoms with Crippen molar-refractivity contribution < 1.29 is 19.5 Å². The Morgan fingerprint density at radius 2 is 1.84 bits per heavy atom. The molecule has 0 spiro atoms. The molecule has 0 atom stereocenters. The van der Waals surface area contributed by atoms with Gasteiger partial charge < -0.3 is 10.4 Å². The molecule has 19 heavy (non-hydrogen) atoms. The Bertz CT molecular complexity index is 482. The van der Waals surface area contributed by atoms with Crippen molar-refractivity contribution in [3.05, 3.63) is 29.8 Å². The van der Waals surface area contributed by atoms with Gasteiger partial charge in [0.05, 0.1) is 0 Å². The first-order chi connectivity index (χ1) is 8.99. The van der Waals surface area contributed by atoms with Crippen molar-refractivity contribution in [1.29, 1.82) is 0 Å². The summed E-state index contributed by atoms with van der Waals surface area (Å²) in [4.78, 5) is 33.1. The summed E-state index contributed by atoms with van der Waals surface area (Å²) >= 11 is 0. The van der Waals surface area contributed by atoms with Gasteiger partial charge in [0, 0.05) is 24.1 Å². The van der Waals surface area contributed by atoms with Gasteiger partial charge in [-0.05, 0) is 31.9 Å². The molecule has 1 amide bonds. The van der Waals surface area contributed by atoms with Gasteiger partial charge in [-0.15, -0.1) is 0 Å². The van der Waals surface area contributed by atoms with Crippen molar-refractivity contribution in [2.75, 3.05) is 5.32 Å². The Balaban J connectivity index is 2.42. The van der Waals surface area contributed by atoms with Crippen molar-refractivity contribution in [2.24, 2.45) is 0 Å². The van der Waals surface area contributed by atoms with Gasteiger partial charge in [0.15, 0.2) is 5.78 Å². The number of amides is 1. The lowest BCUT2D eigenvalue weighted by Gasteiger charge is -2.06. The molecule has 1 aromatic rings. The topological polar surface area (TPSA) is 83.5 Å². The van der Waals surface area contributed by atoms with Crippen LogP contribution < -0.4 is 5.32 Å². The number of carbonyl (C=O) groups excluding carboxylic acids is 2. The summed E-state index contributed by atoms with van der Waals surface area (Å²) in [5, 5.41) is 11.2. The van der Waals surface area contributed by atoms with E-state index in [1.54, 1.807) is 24.3 Å². The molecule has 5 heteroatoms. The van der Waals surface area contributed by atoms with Gasteiger partial charge in [-0.1, -0.05) is 12.1 Å². The maximum absolute atomic E-state index is 11.6. The Labute approximate surface area is 111 Å². The second kappa shape index (κ2) is 7.31. The van der Waals surface area contributed by atoms with Crippen LogP contribution in [0.4, 0.5) is 5.69 Å². The fraction of sp³-hybridized carbons (Fsp3) is 0.357. The molecule has 0 unspecified atom stereocenters. The van der Waals surface area contributed by atoms with E-state index in [-0.39, 0.29) is 24.5 Å². The fourth-order valence-corrected chi connectivity index (χ4v) is 1.60. The van der Waals surface area contributed by atoms with E-state index in [0.29, 0.717) is 24.1 Å². The van der Waals surface area contributed by atoms with Crippen LogP contribution in [0.2, 0.25) is 0 Å². The predicted octanol–water partition coefficient (Wildman–Crippen LogP) is 2.47. The SMILES string of the molecule is CC(=O)c1cccc(NC(=O)CCCCC(=O)O)c1. The van der Waals surface area contributed by atoms with E-state index in [0.717, 1.165) is 0 Å². The minimum absolute atomic E-state index is 0.0578. The standard InChI is InChI=1S/C14H17NO4/c1-10(16)11-5-4-6-12(9-11)15-13(17)7-2-3-8-14(18)19/h4-6,9H,2-3,7-8H2,1H3,(H,15,17)(H,18,19). The first kappa shape index (κ1) is 14.9. The van der Waals surface area contributed by atoms with E-state index in [2.05, 4.69) is 5.32 Å². The summed E-state index contributed by atoms with van der Waals surface area (Å²) < 4.78 is 0. The van der Waals surface area contributed by atoms with Crippen molar-refractivity contribution in [1.82, 2.24) is 0 Å². The number of carboxylic acid groups (broad SMARTS) is 1. The summed E-state index contributed by atoms with van der Waals surface area (Å²) in [6.45, 7) is 1.47. The number of unbranched alkanes of at least 4 members (excludes halogenated alkanes) is 1. The molecule has 0 fully saturated rings. The summed E-state index contributed by atoms with van der Waals surface area (Å²) in [6, 6.07) is 6.72. The number of anilines is 1. The van der Waals surface area contributed by atoms with Crippen LogP contribution in [-0.2, 0) is 9.59 Å². The summed E-state index contributed by atoms with van der Waals surface area (Å²) in [5.74, 6) is -1.08. The zero-order chi connectivity index (χ0) is 14.3. The Morgan fingerprint density at radius 3 is 2.47 bits per heavy atom. The summed E-state index contributed by atoms with van der Waals surface area (Å²) in [6.07, 6.45) is 1.37. The van der Waals surface area contributed by atoms with E-state index in [4.69, 9.17) is 5.11 Å². The lowest BCUT2D eigenvalue weighted by Crippen LogP contribution is -2.11. The molecule has 1 aromatic carbocycles. The van der Waals surface area contributed by atoms with E-state index < -0.39 is 5.97 Å². The van der Waals surface area contributed by atoms with Crippen LogP contribution in [0, 0.1) is 0 Å². The Hall–Kier alpha value is -2.17. The molecular formula is C14H17NO4. The highest BCUT2D eigenvalue weighted by Gasteiger charge is 2.05. The third-order valence-corrected chi connectivity index (χ3v) is 2.60. The normalized spacial score (nSPS) is 9.95. The maximum Gasteiger partial charge on any atom is 0.303 e. The largest absolute Gasteiger partial charge is 0.481 e. The first-order valence-electron chi connectivity index (χ1n) is 6.11. The van der Waals surface area contributed by atoms with Crippen LogP contribution in [0.3, 0.4) is 0 Å². The second-order valence-electron chi connectivity index (χ2n) is 4.29. The minimum Gasteiger partial charge on any atom is -0.481 e. The average molecular weight is 263 g/mol. The maximum atomic E-state index is 11.6. The summed E-state index contributed by atoms with van der Waals surface area (Å²) in [5.41, 5.74) is 1.12. The number of hydrogen-bond acceptors (Lipinski definition) is 3. The third kappa shape index (κ3) is 5.81. The van der Waals surface area contributed by atoms with Crippen molar-refractivity contribution in [3.63, 3.8) is 0 Å². The second-order valence-corrected chi connectivity index (χ2v) is 4.29. The lowest BCUT2D eigenvalue weighted by molar-refractivity contribution is -0.137. The van der Waals surface area contributed by atoms with Gasteiger partial charge in [0.25, 0.3) is 0 Å². The van der Waals surface area contributed by atoms with E-state index >= 15 is 0 Å².